The molecule has 132 valence electrons. The van der Waals surface area contributed by atoms with Crippen molar-refractivity contribution in [2.45, 2.75) is 31.7 Å². The van der Waals surface area contributed by atoms with Gasteiger partial charge in [0.25, 0.3) is 5.91 Å². The molecule has 6 nitrogen and oxygen atoms in total. The highest BCUT2D eigenvalue weighted by Gasteiger charge is 2.19. The zero-order valence-corrected chi connectivity index (χ0v) is 14.5. The highest BCUT2D eigenvalue weighted by molar-refractivity contribution is 6.08. The van der Waals surface area contributed by atoms with Gasteiger partial charge < -0.3 is 20.1 Å². The highest BCUT2D eigenvalue weighted by Crippen LogP contribution is 2.29. The van der Waals surface area contributed by atoms with Crippen LogP contribution < -0.4 is 20.1 Å². The van der Waals surface area contributed by atoms with Crippen molar-refractivity contribution >= 4 is 17.4 Å². The lowest BCUT2D eigenvalue weighted by Crippen LogP contribution is -2.16. The first-order valence-electron chi connectivity index (χ1n) is 8.46. The van der Waals surface area contributed by atoms with Crippen molar-refractivity contribution in [3.63, 3.8) is 0 Å². The van der Waals surface area contributed by atoms with Crippen molar-refractivity contribution in [3.05, 3.63) is 42.1 Å². The van der Waals surface area contributed by atoms with E-state index in [9.17, 15) is 4.79 Å². The Balaban J connectivity index is 1.71. The van der Waals surface area contributed by atoms with Gasteiger partial charge in [-0.2, -0.15) is 0 Å². The summed E-state index contributed by atoms with van der Waals surface area (Å²) in [5, 5.41) is 6.27. The zero-order valence-electron chi connectivity index (χ0n) is 14.5. The Kier molecular flexibility index (Phi) is 5.38. The standard InChI is InChI=1S/C19H23N3O3/c1-24-15-8-5-9-16(25-2)18(15)19(23)22-14-10-11-17(20-12-14)21-13-6-3-4-7-13/h5,8-13H,3-4,6-7H2,1-2H3,(H,20,21)(H,22,23). The molecule has 2 N–H and O–H groups in total. The van der Waals surface area contributed by atoms with Gasteiger partial charge in [-0.1, -0.05) is 18.9 Å². The smallest absolute Gasteiger partial charge is 0.263 e. The van der Waals surface area contributed by atoms with Crippen LogP contribution in [0.2, 0.25) is 0 Å². The molecule has 6 heteroatoms. The number of nitrogens with one attached hydrogen (secondary N) is 2. The Hall–Kier alpha value is -2.76. The predicted octanol–water partition coefficient (Wildman–Crippen LogP) is 3.71. The number of nitrogens with zero attached hydrogens (tertiary/aromatic N) is 1. The second-order valence-electron chi connectivity index (χ2n) is 6.05. The molecule has 1 heterocycles. The summed E-state index contributed by atoms with van der Waals surface area (Å²) in [5.41, 5.74) is 0.982. The third-order valence-corrected chi connectivity index (χ3v) is 4.38. The summed E-state index contributed by atoms with van der Waals surface area (Å²) in [7, 11) is 3.05. The Morgan fingerprint density at radius 1 is 1.08 bits per heavy atom. The molecule has 3 rings (SSSR count). The van der Waals surface area contributed by atoms with E-state index in [1.807, 2.05) is 12.1 Å². The molecule has 2 aromatic rings. The number of hydrogen-bond donors (Lipinski definition) is 2. The SMILES string of the molecule is COc1cccc(OC)c1C(=O)Nc1ccc(NC2CCCC2)nc1. The van der Waals surface area contributed by atoms with Crippen LogP contribution in [0.3, 0.4) is 0 Å². The van der Waals surface area contributed by atoms with E-state index in [0.717, 1.165) is 5.82 Å². The second kappa shape index (κ2) is 7.88. The Bertz CT molecular complexity index is 703. The molecular weight excluding hydrogens is 318 g/mol. The minimum Gasteiger partial charge on any atom is -0.496 e. The van der Waals surface area contributed by atoms with E-state index in [2.05, 4.69) is 15.6 Å². The van der Waals surface area contributed by atoms with Crippen molar-refractivity contribution in [3.8, 4) is 11.5 Å². The second-order valence-corrected chi connectivity index (χ2v) is 6.05. The molecule has 0 bridgehead atoms. The molecule has 1 saturated carbocycles. The van der Waals surface area contributed by atoms with E-state index in [-0.39, 0.29) is 5.91 Å². The first kappa shape index (κ1) is 17.1. The number of ether oxygens (including phenoxy) is 2. The third kappa shape index (κ3) is 4.02. The molecule has 0 atom stereocenters. The summed E-state index contributed by atoms with van der Waals surface area (Å²) in [6, 6.07) is 9.46. The van der Waals surface area contributed by atoms with Gasteiger partial charge in [-0.15, -0.1) is 0 Å². The molecule has 1 fully saturated rings. The van der Waals surface area contributed by atoms with Gasteiger partial charge in [0.2, 0.25) is 0 Å². The van der Waals surface area contributed by atoms with E-state index >= 15 is 0 Å². The van der Waals surface area contributed by atoms with Gasteiger partial charge in [0, 0.05) is 6.04 Å². The summed E-state index contributed by atoms with van der Waals surface area (Å²) < 4.78 is 10.5. The fourth-order valence-corrected chi connectivity index (χ4v) is 3.10. The third-order valence-electron chi connectivity index (χ3n) is 4.38. The number of amides is 1. The molecule has 25 heavy (non-hydrogen) atoms. The van der Waals surface area contributed by atoms with Crippen LogP contribution in [-0.2, 0) is 0 Å². The molecule has 1 aromatic carbocycles. The number of carbonyl (C=O) groups is 1. The molecule has 1 aromatic heterocycles. The lowest BCUT2D eigenvalue weighted by Gasteiger charge is -2.14. The van der Waals surface area contributed by atoms with Gasteiger partial charge in [-0.05, 0) is 37.1 Å². The average molecular weight is 341 g/mol. The van der Waals surface area contributed by atoms with Gasteiger partial charge in [0.1, 0.15) is 22.9 Å². The molecule has 1 amide bonds. The average Bonchev–Trinajstić information content (AvgIpc) is 3.15. The van der Waals surface area contributed by atoms with Crippen molar-refractivity contribution in [1.82, 2.24) is 4.98 Å². The summed E-state index contributed by atoms with van der Waals surface area (Å²) in [6.07, 6.45) is 6.57. The van der Waals surface area contributed by atoms with Gasteiger partial charge in [-0.3, -0.25) is 4.79 Å². The van der Waals surface area contributed by atoms with Crippen LogP contribution in [0.5, 0.6) is 11.5 Å². The molecule has 0 unspecified atom stereocenters. The Morgan fingerprint density at radius 2 is 1.76 bits per heavy atom. The Labute approximate surface area is 147 Å². The minimum absolute atomic E-state index is 0.299. The van der Waals surface area contributed by atoms with E-state index < -0.39 is 0 Å². The van der Waals surface area contributed by atoms with Crippen LogP contribution in [-0.4, -0.2) is 31.2 Å². The maximum Gasteiger partial charge on any atom is 0.263 e. The van der Waals surface area contributed by atoms with Crippen LogP contribution in [0.1, 0.15) is 36.0 Å². The number of carbonyl (C=O) groups excluding carboxylic acids is 1. The number of anilines is 2. The number of methoxy groups -OCH3 is 2. The highest BCUT2D eigenvalue weighted by atomic mass is 16.5. The summed E-state index contributed by atoms with van der Waals surface area (Å²) in [6.45, 7) is 0. The molecule has 0 spiro atoms. The van der Waals surface area contributed by atoms with Crippen LogP contribution in [0.25, 0.3) is 0 Å². The van der Waals surface area contributed by atoms with Gasteiger partial charge >= 0.3 is 0 Å². The fraction of sp³-hybridized carbons (Fsp3) is 0.368. The van der Waals surface area contributed by atoms with Crippen LogP contribution >= 0.6 is 0 Å². The normalized spacial score (nSPS) is 14.2. The van der Waals surface area contributed by atoms with Crippen molar-refractivity contribution in [2.75, 3.05) is 24.9 Å². The molecule has 0 aliphatic heterocycles. The molecule has 0 saturated heterocycles. The lowest BCUT2D eigenvalue weighted by atomic mass is 10.1. The van der Waals surface area contributed by atoms with Crippen LogP contribution in [0, 0.1) is 0 Å². The predicted molar refractivity (Wildman–Crippen MR) is 97.6 cm³/mol. The lowest BCUT2D eigenvalue weighted by molar-refractivity contribution is 0.102. The fourth-order valence-electron chi connectivity index (χ4n) is 3.10. The summed E-state index contributed by atoms with van der Waals surface area (Å²) in [4.78, 5) is 17.0. The minimum atomic E-state index is -0.299. The van der Waals surface area contributed by atoms with Crippen molar-refractivity contribution in [1.29, 1.82) is 0 Å². The number of pyridine rings is 1. The quantitative estimate of drug-likeness (QED) is 0.838. The van der Waals surface area contributed by atoms with Crippen LogP contribution in [0.4, 0.5) is 11.5 Å². The zero-order chi connectivity index (χ0) is 17.6. The van der Waals surface area contributed by atoms with Gasteiger partial charge in [0.05, 0.1) is 26.1 Å². The Morgan fingerprint density at radius 3 is 2.32 bits per heavy atom. The molecule has 0 radical (unpaired) electrons. The van der Waals surface area contributed by atoms with Gasteiger partial charge in [0.15, 0.2) is 0 Å². The maximum atomic E-state index is 12.6. The summed E-state index contributed by atoms with van der Waals surface area (Å²) >= 11 is 0. The summed E-state index contributed by atoms with van der Waals surface area (Å²) in [5.74, 6) is 1.46. The molecule has 1 aliphatic rings. The number of benzene rings is 1. The topological polar surface area (TPSA) is 72.5 Å². The van der Waals surface area contributed by atoms with E-state index in [4.69, 9.17) is 9.47 Å². The monoisotopic (exact) mass is 341 g/mol. The first-order valence-corrected chi connectivity index (χ1v) is 8.46. The number of hydrogen-bond acceptors (Lipinski definition) is 5. The largest absolute Gasteiger partial charge is 0.496 e. The van der Waals surface area contributed by atoms with E-state index in [1.165, 1.54) is 39.9 Å². The number of aromatic nitrogens is 1. The van der Waals surface area contributed by atoms with E-state index in [1.54, 1.807) is 24.4 Å². The van der Waals surface area contributed by atoms with Crippen molar-refractivity contribution in [2.24, 2.45) is 0 Å². The van der Waals surface area contributed by atoms with Gasteiger partial charge in [-0.25, -0.2) is 4.98 Å². The molecular formula is C19H23N3O3. The van der Waals surface area contributed by atoms with Crippen LogP contribution in [0.15, 0.2) is 36.5 Å². The maximum absolute atomic E-state index is 12.6. The molecule has 1 aliphatic carbocycles. The van der Waals surface area contributed by atoms with Crippen molar-refractivity contribution < 1.29 is 14.3 Å². The first-order chi connectivity index (χ1) is 12.2. The van der Waals surface area contributed by atoms with E-state index in [0.29, 0.717) is 28.8 Å². The number of rotatable bonds is 6.